The molecule has 2 unspecified atom stereocenters. The second-order valence-electron chi connectivity index (χ2n) is 5.08. The highest BCUT2D eigenvalue weighted by molar-refractivity contribution is 5.77. The van der Waals surface area contributed by atoms with Gasteiger partial charge in [-0.05, 0) is 37.5 Å². The predicted octanol–water partition coefficient (Wildman–Crippen LogP) is 1.66. The number of carboxylic acids is 1. The molecule has 0 aromatic rings. The van der Waals surface area contributed by atoms with Crippen molar-refractivity contribution in [2.45, 2.75) is 45.1 Å². The molecule has 1 aliphatic rings. The van der Waals surface area contributed by atoms with Gasteiger partial charge in [0.2, 0.25) is 0 Å². The quantitative estimate of drug-likeness (QED) is 0.705. The van der Waals surface area contributed by atoms with Gasteiger partial charge in [0.05, 0.1) is 6.61 Å². The maximum Gasteiger partial charge on any atom is 0.335 e. The molecule has 2 atom stereocenters. The Morgan fingerprint density at radius 2 is 1.94 bits per heavy atom. The third-order valence-corrected chi connectivity index (χ3v) is 3.23. The summed E-state index contributed by atoms with van der Waals surface area (Å²) in [6, 6.07) is 0. The summed E-state index contributed by atoms with van der Waals surface area (Å²) in [6.07, 6.45) is 2.73. The van der Waals surface area contributed by atoms with Crippen molar-refractivity contribution < 1.29 is 19.7 Å². The van der Waals surface area contributed by atoms with Crippen LogP contribution in [0.4, 0.5) is 0 Å². The third-order valence-electron chi connectivity index (χ3n) is 3.23. The largest absolute Gasteiger partial charge is 0.479 e. The van der Waals surface area contributed by atoms with Crippen LogP contribution in [0.2, 0.25) is 0 Å². The molecule has 2 N–H and O–H groups in total. The van der Waals surface area contributed by atoms with Gasteiger partial charge < -0.3 is 14.9 Å². The van der Waals surface area contributed by atoms with Crippen LogP contribution in [0.5, 0.6) is 0 Å². The van der Waals surface area contributed by atoms with Gasteiger partial charge in [0.1, 0.15) is 0 Å². The van der Waals surface area contributed by atoms with Crippen LogP contribution in [0.15, 0.2) is 0 Å². The number of ether oxygens (including phenoxy) is 1. The van der Waals surface area contributed by atoms with E-state index in [1.807, 2.05) is 0 Å². The highest BCUT2D eigenvalue weighted by atomic mass is 16.5. The normalized spacial score (nSPS) is 34.9. The molecule has 0 amide bonds. The zero-order valence-corrected chi connectivity index (χ0v) is 10.1. The molecule has 1 saturated carbocycles. The highest BCUT2D eigenvalue weighted by Crippen LogP contribution is 2.38. The average Bonchev–Trinajstić information content (AvgIpc) is 2.16. The van der Waals surface area contributed by atoms with Gasteiger partial charge in [-0.2, -0.15) is 0 Å². The summed E-state index contributed by atoms with van der Waals surface area (Å²) in [5, 5.41) is 18.0. The number of aliphatic hydroxyl groups excluding tert-OH is 1. The first-order valence-electron chi connectivity index (χ1n) is 5.98. The van der Waals surface area contributed by atoms with Gasteiger partial charge in [0.15, 0.2) is 5.60 Å². The lowest BCUT2D eigenvalue weighted by Crippen LogP contribution is -2.47. The van der Waals surface area contributed by atoms with E-state index in [4.69, 9.17) is 9.84 Å². The Morgan fingerprint density at radius 3 is 2.38 bits per heavy atom. The first-order chi connectivity index (χ1) is 7.50. The van der Waals surface area contributed by atoms with Gasteiger partial charge in [0, 0.05) is 6.61 Å². The second-order valence-corrected chi connectivity index (χ2v) is 5.08. The molecular weight excluding hydrogens is 208 g/mol. The predicted molar refractivity (Wildman–Crippen MR) is 60.2 cm³/mol. The fourth-order valence-corrected chi connectivity index (χ4v) is 2.75. The summed E-state index contributed by atoms with van der Waals surface area (Å²) in [4.78, 5) is 11.4. The number of carboxylic acid groups (broad SMARTS) is 1. The van der Waals surface area contributed by atoms with Gasteiger partial charge >= 0.3 is 5.97 Å². The van der Waals surface area contributed by atoms with Crippen LogP contribution in [-0.4, -0.2) is 35.0 Å². The van der Waals surface area contributed by atoms with Crippen molar-refractivity contribution in [3.63, 3.8) is 0 Å². The van der Waals surface area contributed by atoms with E-state index in [9.17, 15) is 9.90 Å². The molecule has 16 heavy (non-hydrogen) atoms. The molecule has 0 aliphatic heterocycles. The first-order valence-corrected chi connectivity index (χ1v) is 5.98. The number of hydrogen-bond donors (Lipinski definition) is 2. The van der Waals surface area contributed by atoms with Crippen LogP contribution < -0.4 is 0 Å². The summed E-state index contributed by atoms with van der Waals surface area (Å²) in [5.74, 6) is -0.0909. The van der Waals surface area contributed by atoms with Crippen molar-refractivity contribution in [2.75, 3.05) is 13.2 Å². The lowest BCUT2D eigenvalue weighted by atomic mass is 9.73. The Labute approximate surface area is 96.6 Å². The Morgan fingerprint density at radius 1 is 1.38 bits per heavy atom. The molecule has 0 radical (unpaired) electrons. The van der Waals surface area contributed by atoms with E-state index >= 15 is 0 Å². The first kappa shape index (κ1) is 13.5. The van der Waals surface area contributed by atoms with E-state index < -0.39 is 11.6 Å². The molecular formula is C12H22O4. The molecule has 0 bridgehead atoms. The molecule has 0 heterocycles. The van der Waals surface area contributed by atoms with Crippen molar-refractivity contribution in [1.29, 1.82) is 0 Å². The minimum Gasteiger partial charge on any atom is -0.479 e. The summed E-state index contributed by atoms with van der Waals surface area (Å²) < 4.78 is 5.55. The van der Waals surface area contributed by atoms with Gasteiger partial charge in [-0.3, -0.25) is 0 Å². The van der Waals surface area contributed by atoms with E-state index in [-0.39, 0.29) is 6.61 Å². The molecule has 94 valence electrons. The van der Waals surface area contributed by atoms with Gasteiger partial charge in [-0.15, -0.1) is 0 Å². The molecule has 0 spiro atoms. The van der Waals surface area contributed by atoms with Gasteiger partial charge in [-0.25, -0.2) is 4.79 Å². The lowest BCUT2D eigenvalue weighted by Gasteiger charge is -2.39. The number of aliphatic hydroxyl groups is 1. The van der Waals surface area contributed by atoms with E-state index in [2.05, 4.69) is 13.8 Å². The molecule has 4 nitrogen and oxygen atoms in total. The van der Waals surface area contributed by atoms with Crippen LogP contribution >= 0.6 is 0 Å². The fourth-order valence-electron chi connectivity index (χ4n) is 2.75. The molecule has 1 rings (SSSR count). The van der Waals surface area contributed by atoms with Crippen molar-refractivity contribution in [3.05, 3.63) is 0 Å². The Kier molecular flexibility index (Phi) is 4.74. The summed E-state index contributed by atoms with van der Waals surface area (Å²) >= 11 is 0. The zero-order valence-electron chi connectivity index (χ0n) is 10.1. The van der Waals surface area contributed by atoms with E-state index in [0.29, 0.717) is 37.7 Å². The summed E-state index contributed by atoms with van der Waals surface area (Å²) in [7, 11) is 0. The summed E-state index contributed by atoms with van der Waals surface area (Å²) in [5.41, 5.74) is -1.02. The van der Waals surface area contributed by atoms with Crippen molar-refractivity contribution in [3.8, 4) is 0 Å². The minimum absolute atomic E-state index is 0.0425. The van der Waals surface area contributed by atoms with Gasteiger partial charge in [0.25, 0.3) is 0 Å². The average molecular weight is 230 g/mol. The Bertz CT molecular complexity index is 229. The van der Waals surface area contributed by atoms with Crippen LogP contribution in [0.1, 0.15) is 39.5 Å². The van der Waals surface area contributed by atoms with Crippen LogP contribution in [0.3, 0.4) is 0 Å². The van der Waals surface area contributed by atoms with Crippen molar-refractivity contribution in [2.24, 2.45) is 11.8 Å². The lowest BCUT2D eigenvalue weighted by molar-refractivity contribution is -0.176. The zero-order chi connectivity index (χ0) is 12.2. The Balaban J connectivity index is 2.67. The van der Waals surface area contributed by atoms with Crippen molar-refractivity contribution in [1.82, 2.24) is 0 Å². The third kappa shape index (κ3) is 3.19. The molecule has 1 fully saturated rings. The maximum atomic E-state index is 11.4. The van der Waals surface area contributed by atoms with Gasteiger partial charge in [-0.1, -0.05) is 13.8 Å². The SMILES string of the molecule is CC1CC(C)CC(OCCCO)(C(=O)O)C1. The molecule has 0 aromatic heterocycles. The second kappa shape index (κ2) is 5.64. The highest BCUT2D eigenvalue weighted by Gasteiger charge is 2.45. The molecule has 1 aliphatic carbocycles. The van der Waals surface area contributed by atoms with Crippen LogP contribution in [0.25, 0.3) is 0 Å². The van der Waals surface area contributed by atoms with E-state index in [0.717, 1.165) is 6.42 Å². The van der Waals surface area contributed by atoms with E-state index in [1.165, 1.54) is 0 Å². The van der Waals surface area contributed by atoms with Crippen LogP contribution in [0, 0.1) is 11.8 Å². The monoisotopic (exact) mass is 230 g/mol. The number of rotatable bonds is 5. The smallest absolute Gasteiger partial charge is 0.335 e. The number of hydrogen-bond acceptors (Lipinski definition) is 3. The Hall–Kier alpha value is -0.610. The van der Waals surface area contributed by atoms with Crippen LogP contribution in [-0.2, 0) is 9.53 Å². The molecule has 0 saturated heterocycles. The summed E-state index contributed by atoms with van der Waals surface area (Å²) in [6.45, 7) is 4.51. The topological polar surface area (TPSA) is 66.8 Å². The maximum absolute atomic E-state index is 11.4. The number of aliphatic carboxylic acids is 1. The standard InChI is InChI=1S/C12H22O4/c1-9-6-10(2)8-12(7-9,11(14)15)16-5-3-4-13/h9-10,13H,3-8H2,1-2H3,(H,14,15). The number of carbonyl (C=O) groups is 1. The minimum atomic E-state index is -1.02. The molecule has 4 heteroatoms. The molecule has 0 aromatic carbocycles. The van der Waals surface area contributed by atoms with E-state index in [1.54, 1.807) is 0 Å². The van der Waals surface area contributed by atoms with Crippen molar-refractivity contribution >= 4 is 5.97 Å². The fraction of sp³-hybridized carbons (Fsp3) is 0.917.